The van der Waals surface area contributed by atoms with Crippen LogP contribution >= 0.6 is 0 Å². The molecule has 17 heavy (non-hydrogen) atoms. The molecular weight excluding hydrogens is 236 g/mol. The zero-order valence-corrected chi connectivity index (χ0v) is 10.4. The molecule has 1 fully saturated rings. The summed E-state index contributed by atoms with van der Waals surface area (Å²) < 4.78 is 24.7. The van der Waals surface area contributed by atoms with Gasteiger partial charge in [0.15, 0.2) is 9.84 Å². The predicted octanol–water partition coefficient (Wildman–Crippen LogP) is 1.64. The van der Waals surface area contributed by atoms with E-state index in [1.54, 1.807) is 18.2 Å². The number of nitrogen functional groups attached to an aromatic ring is 1. The third-order valence-electron chi connectivity index (χ3n) is 3.90. The summed E-state index contributed by atoms with van der Waals surface area (Å²) in [5, 5.41) is 3.27. The number of hydrogen-bond donors (Lipinski definition) is 2. The lowest BCUT2D eigenvalue weighted by atomic mass is 9.70. The molecule has 0 amide bonds. The third kappa shape index (κ3) is 1.69. The number of nitrogens with two attached hydrogens (primary N) is 1. The van der Waals surface area contributed by atoms with Crippen molar-refractivity contribution >= 4 is 21.2 Å². The van der Waals surface area contributed by atoms with Crippen LogP contribution in [0.15, 0.2) is 23.1 Å². The van der Waals surface area contributed by atoms with Crippen LogP contribution in [0, 0.1) is 5.41 Å². The van der Waals surface area contributed by atoms with Crippen LogP contribution in [-0.4, -0.2) is 20.7 Å². The van der Waals surface area contributed by atoms with Crippen molar-refractivity contribution in [2.24, 2.45) is 5.41 Å². The summed E-state index contributed by atoms with van der Waals surface area (Å²) in [6, 6.07) is 5.06. The summed E-state index contributed by atoms with van der Waals surface area (Å²) in [7, 11) is -3.21. The van der Waals surface area contributed by atoms with Gasteiger partial charge in [-0.3, -0.25) is 0 Å². The molecule has 1 aromatic carbocycles. The van der Waals surface area contributed by atoms with E-state index < -0.39 is 9.84 Å². The molecule has 92 valence electrons. The van der Waals surface area contributed by atoms with Gasteiger partial charge in [0.2, 0.25) is 0 Å². The first-order chi connectivity index (χ1) is 8.01. The Morgan fingerprint density at radius 1 is 1.29 bits per heavy atom. The second-order valence-electron chi connectivity index (χ2n) is 5.22. The molecule has 0 aromatic heterocycles. The maximum absolute atomic E-state index is 12.4. The Balaban J connectivity index is 2.10. The summed E-state index contributed by atoms with van der Waals surface area (Å²) in [6.07, 6.45) is 3.14. The van der Waals surface area contributed by atoms with E-state index in [0.29, 0.717) is 16.3 Å². The highest BCUT2D eigenvalue weighted by Gasteiger charge is 2.43. The van der Waals surface area contributed by atoms with Crippen LogP contribution in [0.4, 0.5) is 11.4 Å². The van der Waals surface area contributed by atoms with Gasteiger partial charge in [-0.1, -0.05) is 6.42 Å². The molecular formula is C12H16N2O2S. The van der Waals surface area contributed by atoms with Crippen molar-refractivity contribution in [3.63, 3.8) is 0 Å². The Hall–Kier alpha value is -1.23. The fourth-order valence-electron chi connectivity index (χ4n) is 2.75. The summed E-state index contributed by atoms with van der Waals surface area (Å²) in [6.45, 7) is 0.753. The highest BCUT2D eigenvalue weighted by atomic mass is 32.2. The van der Waals surface area contributed by atoms with Crippen LogP contribution in [0.2, 0.25) is 0 Å². The lowest BCUT2D eigenvalue weighted by molar-refractivity contribution is 0.184. The fraction of sp³-hybridized carbons (Fsp3) is 0.500. The minimum Gasteiger partial charge on any atom is -0.399 e. The Morgan fingerprint density at radius 2 is 2.06 bits per heavy atom. The molecule has 1 aromatic rings. The molecule has 0 radical (unpaired) electrons. The van der Waals surface area contributed by atoms with Gasteiger partial charge in [-0.25, -0.2) is 8.42 Å². The van der Waals surface area contributed by atoms with Crippen LogP contribution < -0.4 is 11.1 Å². The second kappa shape index (κ2) is 3.38. The topological polar surface area (TPSA) is 72.2 Å². The monoisotopic (exact) mass is 252 g/mol. The number of nitrogens with one attached hydrogen (secondary N) is 1. The molecule has 1 aliphatic heterocycles. The number of sulfone groups is 1. The maximum atomic E-state index is 12.4. The van der Waals surface area contributed by atoms with E-state index in [-0.39, 0.29) is 11.2 Å². The number of rotatable bonds is 0. The molecule has 0 bridgehead atoms. The van der Waals surface area contributed by atoms with Crippen molar-refractivity contribution in [2.75, 3.05) is 23.3 Å². The molecule has 3 N–H and O–H groups in total. The van der Waals surface area contributed by atoms with Crippen molar-refractivity contribution in [2.45, 2.75) is 24.2 Å². The Labute approximate surface area is 101 Å². The highest BCUT2D eigenvalue weighted by Crippen LogP contribution is 2.45. The minimum absolute atomic E-state index is 0.0490. The van der Waals surface area contributed by atoms with Crippen LogP contribution in [0.3, 0.4) is 0 Å². The SMILES string of the molecule is Nc1ccc2c(c1)S(=O)(=O)CC1(CCC1)CN2. The molecule has 0 saturated heterocycles. The third-order valence-corrected chi connectivity index (χ3v) is 5.91. The maximum Gasteiger partial charge on any atom is 0.181 e. The fourth-order valence-corrected chi connectivity index (χ4v) is 4.90. The minimum atomic E-state index is -3.21. The van der Waals surface area contributed by atoms with Crippen molar-refractivity contribution in [3.05, 3.63) is 18.2 Å². The molecule has 2 aliphatic rings. The molecule has 4 nitrogen and oxygen atoms in total. The van der Waals surface area contributed by atoms with Gasteiger partial charge in [-0.2, -0.15) is 0 Å². The predicted molar refractivity (Wildman–Crippen MR) is 67.7 cm³/mol. The lowest BCUT2D eigenvalue weighted by Crippen LogP contribution is -2.40. The van der Waals surface area contributed by atoms with Gasteiger partial charge in [-0.05, 0) is 31.0 Å². The van der Waals surface area contributed by atoms with Gasteiger partial charge in [0.05, 0.1) is 16.3 Å². The second-order valence-corrected chi connectivity index (χ2v) is 7.18. The molecule has 5 heteroatoms. The molecule has 1 saturated carbocycles. The van der Waals surface area contributed by atoms with E-state index >= 15 is 0 Å². The Bertz CT molecular complexity index is 562. The summed E-state index contributed by atoms with van der Waals surface area (Å²) in [5.41, 5.74) is 6.82. The van der Waals surface area contributed by atoms with Crippen LogP contribution in [0.1, 0.15) is 19.3 Å². The number of fused-ring (bicyclic) bond motifs is 1. The highest BCUT2D eigenvalue weighted by molar-refractivity contribution is 7.91. The lowest BCUT2D eigenvalue weighted by Gasteiger charge is -2.40. The van der Waals surface area contributed by atoms with Gasteiger partial charge in [0.1, 0.15) is 0 Å². The largest absolute Gasteiger partial charge is 0.399 e. The van der Waals surface area contributed by atoms with Crippen molar-refractivity contribution in [1.82, 2.24) is 0 Å². The Morgan fingerprint density at radius 3 is 2.71 bits per heavy atom. The number of anilines is 2. The van der Waals surface area contributed by atoms with E-state index in [4.69, 9.17) is 5.73 Å². The van der Waals surface area contributed by atoms with Gasteiger partial charge < -0.3 is 11.1 Å². The Kier molecular flexibility index (Phi) is 2.17. The quantitative estimate of drug-likeness (QED) is 0.688. The standard InChI is InChI=1S/C12H16N2O2S/c13-9-2-3-10-11(6-9)17(15,16)8-12(7-14-10)4-1-5-12/h2-3,6,14H,1,4-5,7-8,13H2. The van der Waals surface area contributed by atoms with Gasteiger partial charge in [-0.15, -0.1) is 0 Å². The molecule has 0 unspecified atom stereocenters. The molecule has 0 atom stereocenters. The number of hydrogen-bond acceptors (Lipinski definition) is 4. The van der Waals surface area contributed by atoms with Crippen LogP contribution in [-0.2, 0) is 9.84 Å². The number of benzene rings is 1. The van der Waals surface area contributed by atoms with Crippen molar-refractivity contribution in [3.8, 4) is 0 Å². The van der Waals surface area contributed by atoms with E-state index in [9.17, 15) is 8.42 Å². The van der Waals surface area contributed by atoms with Gasteiger partial charge in [0.25, 0.3) is 0 Å². The average Bonchev–Trinajstić information content (AvgIpc) is 2.33. The normalized spacial score (nSPS) is 24.2. The van der Waals surface area contributed by atoms with E-state index in [1.165, 1.54) is 0 Å². The summed E-state index contributed by atoms with van der Waals surface area (Å²) in [5.74, 6) is 0.253. The average molecular weight is 252 g/mol. The first kappa shape index (κ1) is 10.9. The molecule has 1 heterocycles. The first-order valence-electron chi connectivity index (χ1n) is 5.87. The van der Waals surface area contributed by atoms with Crippen molar-refractivity contribution in [1.29, 1.82) is 0 Å². The zero-order chi connectivity index (χ0) is 12.1. The van der Waals surface area contributed by atoms with E-state index in [2.05, 4.69) is 5.32 Å². The van der Waals surface area contributed by atoms with Crippen molar-refractivity contribution < 1.29 is 8.42 Å². The van der Waals surface area contributed by atoms with Crippen LogP contribution in [0.25, 0.3) is 0 Å². The summed E-state index contributed by atoms with van der Waals surface area (Å²) >= 11 is 0. The first-order valence-corrected chi connectivity index (χ1v) is 7.52. The summed E-state index contributed by atoms with van der Waals surface area (Å²) in [4.78, 5) is 0.362. The molecule has 3 rings (SSSR count). The molecule has 1 aliphatic carbocycles. The zero-order valence-electron chi connectivity index (χ0n) is 9.57. The van der Waals surface area contributed by atoms with E-state index in [1.807, 2.05) is 0 Å². The van der Waals surface area contributed by atoms with Gasteiger partial charge in [0, 0.05) is 17.6 Å². The van der Waals surface area contributed by atoms with Gasteiger partial charge >= 0.3 is 0 Å². The van der Waals surface area contributed by atoms with Crippen LogP contribution in [0.5, 0.6) is 0 Å². The molecule has 1 spiro atoms. The smallest absolute Gasteiger partial charge is 0.181 e. The van der Waals surface area contributed by atoms with E-state index in [0.717, 1.165) is 25.8 Å².